The summed E-state index contributed by atoms with van der Waals surface area (Å²) in [7, 11) is 0. The Labute approximate surface area is 223 Å². The minimum absolute atomic E-state index is 0.110. The molecule has 0 saturated heterocycles. The van der Waals surface area contributed by atoms with E-state index in [-0.39, 0.29) is 31.8 Å². The Bertz CT molecular complexity index is 819. The summed E-state index contributed by atoms with van der Waals surface area (Å²) < 4.78 is 0. The molecule has 15 heteroatoms. The third kappa shape index (κ3) is 14.3. The molecule has 0 bridgehead atoms. The van der Waals surface area contributed by atoms with E-state index in [9.17, 15) is 29.1 Å². The van der Waals surface area contributed by atoms with E-state index in [4.69, 9.17) is 28.7 Å². The van der Waals surface area contributed by atoms with Crippen LogP contribution in [-0.4, -0.2) is 77.9 Å². The Morgan fingerprint density at radius 1 is 0.842 bits per heavy atom. The molecule has 0 saturated carbocycles. The predicted molar refractivity (Wildman–Crippen MR) is 142 cm³/mol. The van der Waals surface area contributed by atoms with Crippen LogP contribution in [0.5, 0.6) is 0 Å². The summed E-state index contributed by atoms with van der Waals surface area (Å²) in [5.74, 6) is -4.55. The number of carbonyl (C=O) groups excluding carboxylic acids is 4. The zero-order valence-corrected chi connectivity index (χ0v) is 22.3. The van der Waals surface area contributed by atoms with Crippen LogP contribution in [0.25, 0.3) is 0 Å². The fourth-order valence-electron chi connectivity index (χ4n) is 3.46. The summed E-state index contributed by atoms with van der Waals surface area (Å²) in [6.07, 6.45) is 2.16. The van der Waals surface area contributed by atoms with Crippen molar-refractivity contribution in [2.75, 3.05) is 13.1 Å². The number of rotatable bonds is 20. The number of hydrogen-bond donors (Lipinski definition) is 9. The van der Waals surface area contributed by atoms with Gasteiger partial charge in [0.25, 0.3) is 0 Å². The molecule has 38 heavy (non-hydrogen) atoms. The number of primary amides is 1. The van der Waals surface area contributed by atoms with Gasteiger partial charge < -0.3 is 49.7 Å². The van der Waals surface area contributed by atoms with Gasteiger partial charge in [-0.1, -0.05) is 26.7 Å². The first-order chi connectivity index (χ1) is 17.8. The maximum absolute atomic E-state index is 13.2. The molecule has 218 valence electrons. The van der Waals surface area contributed by atoms with E-state index in [1.165, 1.54) is 0 Å². The molecule has 0 spiro atoms. The minimum Gasteiger partial charge on any atom is -0.480 e. The van der Waals surface area contributed by atoms with E-state index in [0.717, 1.165) is 0 Å². The van der Waals surface area contributed by atoms with Gasteiger partial charge in [0.1, 0.15) is 18.1 Å². The summed E-state index contributed by atoms with van der Waals surface area (Å²) in [5.41, 5.74) is 27.3. The Morgan fingerprint density at radius 2 is 1.42 bits per heavy atom. The molecule has 0 aliphatic heterocycles. The summed E-state index contributed by atoms with van der Waals surface area (Å²) >= 11 is 0. The van der Waals surface area contributed by atoms with Crippen molar-refractivity contribution in [1.29, 1.82) is 0 Å². The summed E-state index contributed by atoms with van der Waals surface area (Å²) in [4.78, 5) is 65.6. The number of carboxylic acid groups (broad SMARTS) is 1. The molecule has 0 rings (SSSR count). The van der Waals surface area contributed by atoms with Gasteiger partial charge in [-0.05, 0) is 44.6 Å². The van der Waals surface area contributed by atoms with E-state index in [0.29, 0.717) is 38.6 Å². The lowest BCUT2D eigenvalue weighted by Crippen LogP contribution is -2.57. The second kappa shape index (κ2) is 18.7. The summed E-state index contributed by atoms with van der Waals surface area (Å²) in [6.45, 7) is 4.08. The van der Waals surface area contributed by atoms with Crippen molar-refractivity contribution in [1.82, 2.24) is 16.0 Å². The molecule has 0 fully saturated rings. The van der Waals surface area contributed by atoms with E-state index in [1.807, 2.05) is 0 Å². The number of carboxylic acids is 1. The van der Waals surface area contributed by atoms with Crippen molar-refractivity contribution in [3.63, 3.8) is 0 Å². The van der Waals surface area contributed by atoms with Gasteiger partial charge in [-0.25, -0.2) is 4.79 Å². The number of unbranched alkanes of at least 4 members (excludes halogenated alkanes) is 1. The molecular formula is C23H45N9O6. The van der Waals surface area contributed by atoms with Gasteiger partial charge in [0, 0.05) is 13.0 Å². The van der Waals surface area contributed by atoms with Gasteiger partial charge in [-0.2, -0.15) is 0 Å². The maximum atomic E-state index is 13.2. The van der Waals surface area contributed by atoms with E-state index >= 15 is 0 Å². The van der Waals surface area contributed by atoms with Crippen LogP contribution in [0.1, 0.15) is 65.2 Å². The maximum Gasteiger partial charge on any atom is 0.326 e. The zero-order chi connectivity index (χ0) is 29.3. The first-order valence-electron chi connectivity index (χ1n) is 12.8. The lowest BCUT2D eigenvalue weighted by molar-refractivity contribution is -0.144. The Hall–Kier alpha value is -3.46. The average Bonchev–Trinajstić information content (AvgIpc) is 2.85. The minimum atomic E-state index is -1.28. The molecule has 4 amide bonds. The largest absolute Gasteiger partial charge is 0.480 e. The molecule has 5 atom stereocenters. The highest BCUT2D eigenvalue weighted by Gasteiger charge is 2.32. The van der Waals surface area contributed by atoms with Crippen LogP contribution >= 0.6 is 0 Å². The number of nitrogens with one attached hydrogen (secondary N) is 3. The van der Waals surface area contributed by atoms with Gasteiger partial charge in [0.05, 0.1) is 6.04 Å². The van der Waals surface area contributed by atoms with Crippen molar-refractivity contribution < 1.29 is 29.1 Å². The number of nitrogens with zero attached hydrogens (tertiary/aromatic N) is 1. The topological polar surface area (TPSA) is 284 Å². The van der Waals surface area contributed by atoms with Crippen LogP contribution in [0.15, 0.2) is 4.99 Å². The quantitative estimate of drug-likeness (QED) is 0.0436. The number of nitrogens with two attached hydrogens (primary N) is 5. The first-order valence-corrected chi connectivity index (χ1v) is 12.8. The van der Waals surface area contributed by atoms with E-state index in [2.05, 4.69) is 20.9 Å². The molecule has 0 aromatic heterocycles. The molecule has 0 aliphatic rings. The number of carbonyl (C=O) groups is 5. The van der Waals surface area contributed by atoms with Crippen molar-refractivity contribution in [2.24, 2.45) is 39.6 Å². The lowest BCUT2D eigenvalue weighted by Gasteiger charge is -2.26. The second-order valence-corrected chi connectivity index (χ2v) is 9.18. The van der Waals surface area contributed by atoms with Crippen molar-refractivity contribution in [3.05, 3.63) is 0 Å². The van der Waals surface area contributed by atoms with Gasteiger partial charge in [-0.15, -0.1) is 0 Å². The Morgan fingerprint density at radius 3 is 1.95 bits per heavy atom. The van der Waals surface area contributed by atoms with E-state index in [1.54, 1.807) is 13.8 Å². The number of guanidine groups is 1. The van der Waals surface area contributed by atoms with Crippen LogP contribution in [0, 0.1) is 5.92 Å². The van der Waals surface area contributed by atoms with Crippen molar-refractivity contribution in [3.8, 4) is 0 Å². The van der Waals surface area contributed by atoms with Gasteiger partial charge in [0.2, 0.25) is 23.6 Å². The highest BCUT2D eigenvalue weighted by Crippen LogP contribution is 2.10. The lowest BCUT2D eigenvalue weighted by atomic mass is 9.98. The molecule has 14 N–H and O–H groups in total. The molecule has 0 aliphatic carbocycles. The second-order valence-electron chi connectivity index (χ2n) is 9.18. The standard InChI is InChI=1S/C23H45N9O6/c1-3-13(2)18(22(37)38)32-21(36)16(9-10-17(26)33)31-20(35)15(8-6-12-29-23(27)28)30-19(34)14(25)7-4-5-11-24/h13-16,18H,3-12,24-25H2,1-2H3,(H2,26,33)(H,30,34)(H,31,35)(H,32,36)(H,37,38)(H4,27,28,29). The smallest absolute Gasteiger partial charge is 0.326 e. The van der Waals surface area contributed by atoms with Gasteiger partial charge in [0.15, 0.2) is 5.96 Å². The molecular weight excluding hydrogens is 498 g/mol. The summed E-state index contributed by atoms with van der Waals surface area (Å²) in [6, 6.07) is -4.47. The number of aliphatic carboxylic acids is 1. The molecule has 0 aromatic rings. The van der Waals surface area contributed by atoms with Gasteiger partial charge in [-0.3, -0.25) is 24.2 Å². The monoisotopic (exact) mass is 543 g/mol. The van der Waals surface area contributed by atoms with Crippen LogP contribution in [0.4, 0.5) is 0 Å². The first kappa shape index (κ1) is 34.5. The molecule has 0 aromatic carbocycles. The van der Waals surface area contributed by atoms with Crippen LogP contribution < -0.4 is 44.6 Å². The van der Waals surface area contributed by atoms with Crippen molar-refractivity contribution >= 4 is 35.6 Å². The predicted octanol–water partition coefficient (Wildman–Crippen LogP) is -2.65. The Balaban J connectivity index is 5.68. The fourth-order valence-corrected chi connectivity index (χ4v) is 3.46. The number of amides is 4. The number of aliphatic imine (C=N–C) groups is 1. The Kier molecular flexibility index (Phi) is 17.0. The van der Waals surface area contributed by atoms with Crippen LogP contribution in [0.2, 0.25) is 0 Å². The van der Waals surface area contributed by atoms with E-state index < -0.39 is 59.7 Å². The molecule has 15 nitrogen and oxygen atoms in total. The van der Waals surface area contributed by atoms with Gasteiger partial charge >= 0.3 is 5.97 Å². The van der Waals surface area contributed by atoms with Crippen LogP contribution in [-0.2, 0) is 24.0 Å². The highest BCUT2D eigenvalue weighted by atomic mass is 16.4. The zero-order valence-electron chi connectivity index (χ0n) is 22.3. The number of hydrogen-bond acceptors (Lipinski definition) is 8. The molecule has 0 radical (unpaired) electrons. The average molecular weight is 544 g/mol. The third-order valence-electron chi connectivity index (χ3n) is 5.97. The SMILES string of the molecule is CCC(C)C(NC(=O)C(CCC(N)=O)NC(=O)C(CCCN=C(N)N)NC(=O)C(N)CCCCN)C(=O)O. The van der Waals surface area contributed by atoms with Crippen LogP contribution in [0.3, 0.4) is 0 Å². The summed E-state index contributed by atoms with van der Waals surface area (Å²) in [5, 5.41) is 17.0. The third-order valence-corrected chi connectivity index (χ3v) is 5.97. The molecule has 0 heterocycles. The molecule has 5 unspecified atom stereocenters. The fraction of sp³-hybridized carbons (Fsp3) is 0.739. The normalized spacial score (nSPS) is 14.7. The highest BCUT2D eigenvalue weighted by molar-refractivity contribution is 5.94. The van der Waals surface area contributed by atoms with Crippen molar-refractivity contribution in [2.45, 2.75) is 89.4 Å².